The van der Waals surface area contributed by atoms with Crippen molar-refractivity contribution in [3.63, 3.8) is 0 Å². The lowest BCUT2D eigenvalue weighted by Crippen LogP contribution is -2.09. The van der Waals surface area contributed by atoms with E-state index >= 15 is 0 Å². The van der Waals surface area contributed by atoms with Crippen molar-refractivity contribution in [3.8, 4) is 5.75 Å². The highest BCUT2D eigenvalue weighted by Crippen LogP contribution is 2.30. The number of ether oxygens (including phenoxy) is 1. The van der Waals surface area contributed by atoms with E-state index < -0.39 is 23.8 Å². The molecule has 0 radical (unpaired) electrons. The maximum absolute atomic E-state index is 12.6. The van der Waals surface area contributed by atoms with Crippen molar-refractivity contribution < 1.29 is 23.4 Å². The van der Waals surface area contributed by atoms with E-state index in [4.69, 9.17) is 11.6 Å². The number of carbonyl (C=O) groups is 1. The van der Waals surface area contributed by atoms with Crippen LogP contribution in [-0.4, -0.2) is 22.7 Å². The van der Waals surface area contributed by atoms with Crippen LogP contribution in [0.2, 0.25) is 0 Å². The first kappa shape index (κ1) is 14.6. The number of halogens is 3. The molecule has 1 aromatic heterocycles. The predicted molar refractivity (Wildman–Crippen MR) is 60.8 cm³/mol. The summed E-state index contributed by atoms with van der Waals surface area (Å²) in [4.78, 5) is 14.8. The molecule has 0 amide bonds. The Labute approximate surface area is 108 Å². The Morgan fingerprint density at radius 3 is 2.78 bits per heavy atom. The molecular weight excluding hydrogens is 268 g/mol. The van der Waals surface area contributed by atoms with E-state index in [-0.39, 0.29) is 30.2 Å². The molecule has 0 atom stereocenters. The second-order valence-electron chi connectivity index (χ2n) is 3.42. The molecule has 0 saturated heterocycles. The summed E-state index contributed by atoms with van der Waals surface area (Å²) in [5.74, 6) is -1.39. The summed E-state index contributed by atoms with van der Waals surface area (Å²) in [6, 6.07) is 1.31. The summed E-state index contributed by atoms with van der Waals surface area (Å²) >= 11 is 5.52. The number of hydrogen-bond acceptors (Lipinski definition) is 4. The van der Waals surface area contributed by atoms with Crippen LogP contribution < -0.4 is 0 Å². The normalized spacial score (nSPS) is 10.7. The average molecular weight is 280 g/mol. The Balaban J connectivity index is 3.09. The first-order chi connectivity index (χ1) is 8.49. The zero-order valence-corrected chi connectivity index (χ0v) is 10.4. The van der Waals surface area contributed by atoms with Crippen LogP contribution in [0.25, 0.3) is 0 Å². The van der Waals surface area contributed by atoms with Gasteiger partial charge in [-0.15, -0.1) is 11.6 Å². The number of pyridine rings is 1. The smallest absolute Gasteiger partial charge is 0.310 e. The first-order valence-corrected chi connectivity index (χ1v) is 5.74. The Hall–Kier alpha value is -1.43. The Kier molecular flexibility index (Phi) is 5.27. The highest BCUT2D eigenvalue weighted by atomic mass is 35.5. The topological polar surface area (TPSA) is 59.4 Å². The summed E-state index contributed by atoms with van der Waals surface area (Å²) in [6.07, 6.45) is -3.24. The number of hydrogen-bond donors (Lipinski definition) is 1. The Morgan fingerprint density at radius 2 is 2.28 bits per heavy atom. The van der Waals surface area contributed by atoms with Gasteiger partial charge in [-0.05, 0) is 13.0 Å². The fourth-order valence-corrected chi connectivity index (χ4v) is 1.53. The van der Waals surface area contributed by atoms with Crippen molar-refractivity contribution in [2.45, 2.75) is 25.7 Å². The SMILES string of the molecule is CCOC(=O)Cc1cc(CCl)nc(C(F)F)c1O. The monoisotopic (exact) mass is 279 g/mol. The molecule has 0 saturated carbocycles. The fraction of sp³-hybridized carbons (Fsp3) is 0.455. The van der Waals surface area contributed by atoms with Crippen molar-refractivity contribution in [3.05, 3.63) is 23.0 Å². The van der Waals surface area contributed by atoms with Gasteiger partial charge in [0.15, 0.2) is 0 Å². The molecule has 0 spiro atoms. The highest BCUT2D eigenvalue weighted by molar-refractivity contribution is 6.16. The third kappa shape index (κ3) is 3.53. The molecule has 0 aliphatic heterocycles. The van der Waals surface area contributed by atoms with Gasteiger partial charge in [0.2, 0.25) is 0 Å². The minimum atomic E-state index is -2.94. The molecule has 18 heavy (non-hydrogen) atoms. The van der Waals surface area contributed by atoms with Crippen molar-refractivity contribution in [1.82, 2.24) is 4.98 Å². The lowest BCUT2D eigenvalue weighted by atomic mass is 10.1. The zero-order valence-electron chi connectivity index (χ0n) is 9.62. The van der Waals surface area contributed by atoms with Crippen LogP contribution >= 0.6 is 11.6 Å². The van der Waals surface area contributed by atoms with Gasteiger partial charge in [0.25, 0.3) is 6.43 Å². The largest absolute Gasteiger partial charge is 0.506 e. The Morgan fingerprint density at radius 1 is 1.61 bits per heavy atom. The average Bonchev–Trinajstić information content (AvgIpc) is 2.31. The van der Waals surface area contributed by atoms with Crippen LogP contribution in [-0.2, 0) is 21.8 Å². The van der Waals surface area contributed by atoms with Gasteiger partial charge in [-0.25, -0.2) is 13.8 Å². The number of aromatic nitrogens is 1. The van der Waals surface area contributed by atoms with Gasteiger partial charge >= 0.3 is 5.97 Å². The number of esters is 1. The molecule has 0 aliphatic rings. The van der Waals surface area contributed by atoms with E-state index in [1.54, 1.807) is 6.92 Å². The molecule has 1 aromatic rings. The number of carbonyl (C=O) groups excluding carboxylic acids is 1. The summed E-state index contributed by atoms with van der Waals surface area (Å²) in [5.41, 5.74) is -0.564. The van der Waals surface area contributed by atoms with Gasteiger partial charge in [-0.3, -0.25) is 4.79 Å². The molecule has 1 N–H and O–H groups in total. The van der Waals surface area contributed by atoms with E-state index in [9.17, 15) is 18.7 Å². The van der Waals surface area contributed by atoms with Crippen LogP contribution in [0.4, 0.5) is 8.78 Å². The van der Waals surface area contributed by atoms with Crippen LogP contribution in [0.5, 0.6) is 5.75 Å². The van der Waals surface area contributed by atoms with Crippen molar-refractivity contribution >= 4 is 17.6 Å². The molecule has 1 rings (SSSR count). The van der Waals surface area contributed by atoms with Gasteiger partial charge in [-0.1, -0.05) is 0 Å². The summed E-state index contributed by atoms with van der Waals surface area (Å²) in [7, 11) is 0. The molecule has 4 nitrogen and oxygen atoms in total. The summed E-state index contributed by atoms with van der Waals surface area (Å²) in [5, 5.41) is 9.60. The van der Waals surface area contributed by atoms with Gasteiger partial charge < -0.3 is 9.84 Å². The molecule has 0 aliphatic carbocycles. The van der Waals surface area contributed by atoms with E-state index in [1.165, 1.54) is 6.07 Å². The van der Waals surface area contributed by atoms with E-state index in [2.05, 4.69) is 9.72 Å². The first-order valence-electron chi connectivity index (χ1n) is 5.21. The number of alkyl halides is 3. The minimum absolute atomic E-state index is 0.0365. The van der Waals surface area contributed by atoms with Gasteiger partial charge in [0.1, 0.15) is 11.4 Å². The lowest BCUT2D eigenvalue weighted by molar-refractivity contribution is -0.142. The third-order valence-corrected chi connectivity index (χ3v) is 2.41. The van der Waals surface area contributed by atoms with Crippen LogP contribution in [0.3, 0.4) is 0 Å². The maximum Gasteiger partial charge on any atom is 0.310 e. The van der Waals surface area contributed by atoms with Crippen molar-refractivity contribution in [2.24, 2.45) is 0 Å². The van der Waals surface area contributed by atoms with Crippen molar-refractivity contribution in [1.29, 1.82) is 0 Å². The molecule has 100 valence electrons. The number of aromatic hydroxyl groups is 1. The summed E-state index contributed by atoms with van der Waals surface area (Å²) < 4.78 is 29.9. The van der Waals surface area contributed by atoms with Crippen LogP contribution in [0.1, 0.15) is 30.3 Å². The van der Waals surface area contributed by atoms with Crippen LogP contribution in [0.15, 0.2) is 6.07 Å². The zero-order chi connectivity index (χ0) is 13.7. The molecular formula is C11H12ClF2NO3. The molecule has 0 bridgehead atoms. The lowest BCUT2D eigenvalue weighted by Gasteiger charge is -2.10. The second-order valence-corrected chi connectivity index (χ2v) is 3.69. The standard InChI is InChI=1S/C11H12ClF2NO3/c1-2-18-8(16)4-6-3-7(5-12)15-9(10(6)17)11(13)14/h3,11,17H,2,4-5H2,1H3. The molecule has 0 aromatic carbocycles. The molecule has 7 heteroatoms. The van der Waals surface area contributed by atoms with Gasteiger partial charge in [-0.2, -0.15) is 0 Å². The molecule has 0 fully saturated rings. The van der Waals surface area contributed by atoms with Gasteiger partial charge in [0.05, 0.1) is 24.6 Å². The quantitative estimate of drug-likeness (QED) is 0.665. The minimum Gasteiger partial charge on any atom is -0.506 e. The predicted octanol–water partition coefficient (Wildman–Crippen LogP) is 2.57. The van der Waals surface area contributed by atoms with Crippen LogP contribution in [0, 0.1) is 0 Å². The third-order valence-electron chi connectivity index (χ3n) is 2.14. The maximum atomic E-state index is 12.6. The van der Waals surface area contributed by atoms with E-state index in [1.807, 2.05) is 0 Å². The fourth-order valence-electron chi connectivity index (χ4n) is 1.40. The van der Waals surface area contributed by atoms with Gasteiger partial charge in [0, 0.05) is 5.56 Å². The van der Waals surface area contributed by atoms with E-state index in [0.29, 0.717) is 0 Å². The second kappa shape index (κ2) is 6.49. The molecule has 1 heterocycles. The van der Waals surface area contributed by atoms with Crippen molar-refractivity contribution in [2.75, 3.05) is 6.61 Å². The number of nitrogens with zero attached hydrogens (tertiary/aromatic N) is 1. The number of rotatable bonds is 5. The highest BCUT2D eigenvalue weighted by Gasteiger charge is 2.21. The Bertz CT molecular complexity index is 441. The molecule has 0 unspecified atom stereocenters. The summed E-state index contributed by atoms with van der Waals surface area (Å²) in [6.45, 7) is 1.80. The van der Waals surface area contributed by atoms with E-state index in [0.717, 1.165) is 0 Å².